The number of hydrogen-bond acceptors (Lipinski definition) is 2. The Balaban J connectivity index is 2.19. The van der Waals surface area contributed by atoms with Crippen molar-refractivity contribution in [3.05, 3.63) is 54.6 Å². The molecule has 0 spiro atoms. The minimum Gasteiger partial charge on any atom is -0.455 e. The molecule has 0 fully saturated rings. The molecule has 0 unspecified atom stereocenters. The average molecular weight is 263 g/mol. The molecule has 0 heterocycles. The number of anilines is 1. The number of alkyl halides is 2. The van der Waals surface area contributed by atoms with Gasteiger partial charge in [-0.05, 0) is 24.3 Å². The molecule has 5 heteroatoms. The van der Waals surface area contributed by atoms with Crippen LogP contribution in [-0.4, -0.2) is 12.3 Å². The molecule has 2 aromatic carbocycles. The van der Waals surface area contributed by atoms with Crippen LogP contribution in [0, 0.1) is 0 Å². The number of carbonyl (C=O) groups excluding carboxylic acids is 1. The normalized spacial score (nSPS) is 10.3. The van der Waals surface area contributed by atoms with Gasteiger partial charge in [-0.15, -0.1) is 0 Å². The highest BCUT2D eigenvalue weighted by atomic mass is 19.3. The molecule has 0 bridgehead atoms. The van der Waals surface area contributed by atoms with Crippen LogP contribution in [0.15, 0.2) is 54.6 Å². The number of carbonyl (C=O) groups is 1. The molecule has 1 N–H and O–H groups in total. The van der Waals surface area contributed by atoms with Gasteiger partial charge in [0, 0.05) is 0 Å². The molecular weight excluding hydrogens is 252 g/mol. The number of amides is 1. The van der Waals surface area contributed by atoms with Gasteiger partial charge in [-0.3, -0.25) is 4.79 Å². The summed E-state index contributed by atoms with van der Waals surface area (Å²) >= 11 is 0. The molecule has 0 aliphatic heterocycles. The number of ether oxygens (including phenoxy) is 1. The molecule has 98 valence electrons. The summed E-state index contributed by atoms with van der Waals surface area (Å²) in [6.45, 7) is 0. The van der Waals surface area contributed by atoms with Crippen molar-refractivity contribution < 1.29 is 18.3 Å². The molecule has 0 aliphatic rings. The Morgan fingerprint density at radius 3 is 2.32 bits per heavy atom. The van der Waals surface area contributed by atoms with E-state index in [1.807, 2.05) is 6.07 Å². The first-order chi connectivity index (χ1) is 9.16. The van der Waals surface area contributed by atoms with Crippen molar-refractivity contribution in [2.24, 2.45) is 0 Å². The van der Waals surface area contributed by atoms with Crippen molar-refractivity contribution >= 4 is 11.6 Å². The van der Waals surface area contributed by atoms with E-state index in [4.69, 9.17) is 4.74 Å². The summed E-state index contributed by atoms with van der Waals surface area (Å²) in [5, 5.41) is 2.12. The third-order valence-electron chi connectivity index (χ3n) is 2.31. The van der Waals surface area contributed by atoms with E-state index in [9.17, 15) is 13.6 Å². The summed E-state index contributed by atoms with van der Waals surface area (Å²) in [5.41, 5.74) is 0.205. The number of hydrogen-bond donors (Lipinski definition) is 1. The van der Waals surface area contributed by atoms with Gasteiger partial charge in [0.2, 0.25) is 0 Å². The summed E-state index contributed by atoms with van der Waals surface area (Å²) in [4.78, 5) is 11.0. The van der Waals surface area contributed by atoms with E-state index in [0.29, 0.717) is 11.5 Å². The van der Waals surface area contributed by atoms with Crippen LogP contribution in [0.25, 0.3) is 0 Å². The van der Waals surface area contributed by atoms with Crippen molar-refractivity contribution in [3.8, 4) is 11.5 Å². The molecule has 2 rings (SSSR count). The van der Waals surface area contributed by atoms with E-state index in [1.54, 1.807) is 42.5 Å². The Morgan fingerprint density at radius 1 is 1.00 bits per heavy atom. The van der Waals surface area contributed by atoms with Gasteiger partial charge in [0.1, 0.15) is 5.75 Å². The molecule has 0 aliphatic carbocycles. The molecule has 0 saturated carbocycles. The minimum absolute atomic E-state index is 0.205. The van der Waals surface area contributed by atoms with Crippen LogP contribution in [-0.2, 0) is 4.79 Å². The zero-order valence-electron chi connectivity index (χ0n) is 9.85. The standard InChI is InChI=1S/C14H11F2NO2/c15-13(16)14(18)17-11-8-4-5-9-12(11)19-10-6-2-1-3-7-10/h1-9,13H,(H,17,18). The van der Waals surface area contributed by atoms with Crippen LogP contribution in [0.2, 0.25) is 0 Å². The minimum atomic E-state index is -3.07. The number of halogens is 2. The maximum absolute atomic E-state index is 12.2. The molecule has 2 aromatic rings. The summed E-state index contributed by atoms with van der Waals surface area (Å²) in [6.07, 6.45) is -3.07. The fourth-order valence-corrected chi connectivity index (χ4v) is 1.46. The summed E-state index contributed by atoms with van der Waals surface area (Å²) in [7, 11) is 0. The topological polar surface area (TPSA) is 38.3 Å². The highest BCUT2D eigenvalue weighted by molar-refractivity contribution is 5.94. The van der Waals surface area contributed by atoms with Crippen LogP contribution in [0.4, 0.5) is 14.5 Å². The number of benzene rings is 2. The predicted molar refractivity (Wildman–Crippen MR) is 67.6 cm³/mol. The third kappa shape index (κ3) is 3.51. The van der Waals surface area contributed by atoms with Gasteiger partial charge < -0.3 is 10.1 Å². The first-order valence-corrected chi connectivity index (χ1v) is 5.58. The molecule has 0 aromatic heterocycles. The van der Waals surface area contributed by atoms with Gasteiger partial charge in [0.05, 0.1) is 5.69 Å². The van der Waals surface area contributed by atoms with E-state index in [1.165, 1.54) is 6.07 Å². The van der Waals surface area contributed by atoms with Gasteiger partial charge in [0.25, 0.3) is 5.91 Å². The molecule has 3 nitrogen and oxygen atoms in total. The van der Waals surface area contributed by atoms with Crippen molar-refractivity contribution in [1.29, 1.82) is 0 Å². The summed E-state index contributed by atoms with van der Waals surface area (Å²) < 4.78 is 30.0. The number of rotatable bonds is 4. The maximum Gasteiger partial charge on any atom is 0.315 e. The van der Waals surface area contributed by atoms with Crippen LogP contribution >= 0.6 is 0 Å². The van der Waals surface area contributed by atoms with Crippen molar-refractivity contribution in [2.45, 2.75) is 6.43 Å². The predicted octanol–water partition coefficient (Wildman–Crippen LogP) is 3.68. The van der Waals surface area contributed by atoms with Crippen LogP contribution in [0.1, 0.15) is 0 Å². The van der Waals surface area contributed by atoms with E-state index in [2.05, 4.69) is 5.32 Å². The highest BCUT2D eigenvalue weighted by Crippen LogP contribution is 2.29. The van der Waals surface area contributed by atoms with Gasteiger partial charge in [-0.25, -0.2) is 0 Å². The van der Waals surface area contributed by atoms with Crippen LogP contribution in [0.3, 0.4) is 0 Å². The molecule has 0 radical (unpaired) electrons. The smallest absolute Gasteiger partial charge is 0.315 e. The van der Waals surface area contributed by atoms with Crippen LogP contribution in [0.5, 0.6) is 11.5 Å². The van der Waals surface area contributed by atoms with E-state index in [-0.39, 0.29) is 5.69 Å². The Labute approximate surface area is 108 Å². The SMILES string of the molecule is O=C(Nc1ccccc1Oc1ccccc1)C(F)F. The van der Waals surface area contributed by atoms with Crippen molar-refractivity contribution in [1.82, 2.24) is 0 Å². The molecule has 19 heavy (non-hydrogen) atoms. The summed E-state index contributed by atoms with van der Waals surface area (Å²) in [5.74, 6) is -0.493. The van der Waals surface area contributed by atoms with E-state index >= 15 is 0 Å². The first-order valence-electron chi connectivity index (χ1n) is 5.58. The molecule has 1 amide bonds. The maximum atomic E-state index is 12.2. The Morgan fingerprint density at radius 2 is 1.63 bits per heavy atom. The molecule has 0 atom stereocenters. The van der Waals surface area contributed by atoms with Gasteiger partial charge in [-0.1, -0.05) is 30.3 Å². The Hall–Kier alpha value is -2.43. The second-order valence-corrected chi connectivity index (χ2v) is 3.70. The quantitative estimate of drug-likeness (QED) is 0.913. The number of para-hydroxylation sites is 3. The lowest BCUT2D eigenvalue weighted by atomic mass is 10.3. The first kappa shape index (κ1) is 13.0. The van der Waals surface area contributed by atoms with Crippen molar-refractivity contribution in [3.63, 3.8) is 0 Å². The van der Waals surface area contributed by atoms with E-state index < -0.39 is 12.3 Å². The Bertz CT molecular complexity index is 558. The molecular formula is C14H11F2NO2. The second-order valence-electron chi connectivity index (χ2n) is 3.70. The fraction of sp³-hybridized carbons (Fsp3) is 0.0714. The van der Waals surface area contributed by atoms with Gasteiger partial charge in [-0.2, -0.15) is 8.78 Å². The lowest BCUT2D eigenvalue weighted by Crippen LogP contribution is -2.20. The fourth-order valence-electron chi connectivity index (χ4n) is 1.46. The highest BCUT2D eigenvalue weighted by Gasteiger charge is 2.17. The largest absolute Gasteiger partial charge is 0.455 e. The zero-order valence-corrected chi connectivity index (χ0v) is 9.85. The number of nitrogens with one attached hydrogen (secondary N) is 1. The zero-order chi connectivity index (χ0) is 13.7. The lowest BCUT2D eigenvalue weighted by molar-refractivity contribution is -0.126. The Kier molecular flexibility index (Phi) is 4.07. The lowest BCUT2D eigenvalue weighted by Gasteiger charge is -2.11. The average Bonchev–Trinajstić information content (AvgIpc) is 2.42. The van der Waals surface area contributed by atoms with Gasteiger partial charge in [0.15, 0.2) is 5.75 Å². The van der Waals surface area contributed by atoms with Gasteiger partial charge >= 0.3 is 6.43 Å². The third-order valence-corrected chi connectivity index (χ3v) is 2.31. The molecule has 0 saturated heterocycles. The second kappa shape index (κ2) is 5.95. The summed E-state index contributed by atoms with van der Waals surface area (Å²) in [6, 6.07) is 15.3. The van der Waals surface area contributed by atoms with Crippen LogP contribution < -0.4 is 10.1 Å². The van der Waals surface area contributed by atoms with Crippen molar-refractivity contribution in [2.75, 3.05) is 5.32 Å². The monoisotopic (exact) mass is 263 g/mol. The van der Waals surface area contributed by atoms with E-state index in [0.717, 1.165) is 0 Å².